The molecule has 3 unspecified atom stereocenters. The minimum atomic E-state index is -1.10. The summed E-state index contributed by atoms with van der Waals surface area (Å²) in [5.41, 5.74) is 4.61. The number of nitrogens with zero attached hydrogens (tertiary/aromatic N) is 1. The fraction of sp³-hybridized carbons (Fsp3) is 0.647. The number of carbonyl (C=O) groups excluding carboxylic acids is 6. The van der Waals surface area contributed by atoms with Gasteiger partial charge in [0.25, 0.3) is 5.91 Å². The van der Waals surface area contributed by atoms with Gasteiger partial charge >= 0.3 is 12.0 Å². The third-order valence-corrected chi connectivity index (χ3v) is 9.24. The summed E-state index contributed by atoms with van der Waals surface area (Å²) in [6, 6.07) is 4.35. The van der Waals surface area contributed by atoms with E-state index in [-0.39, 0.29) is 24.5 Å². The van der Waals surface area contributed by atoms with Gasteiger partial charge in [-0.3, -0.25) is 19.2 Å². The highest BCUT2D eigenvalue weighted by molar-refractivity contribution is 6.37. The van der Waals surface area contributed by atoms with Crippen molar-refractivity contribution in [2.24, 2.45) is 28.4 Å². The van der Waals surface area contributed by atoms with Crippen molar-refractivity contribution in [2.75, 3.05) is 0 Å². The van der Waals surface area contributed by atoms with Crippen molar-refractivity contribution in [3.63, 3.8) is 0 Å². The van der Waals surface area contributed by atoms with Crippen molar-refractivity contribution in [1.29, 1.82) is 0 Å². The lowest BCUT2D eigenvalue weighted by Gasteiger charge is -2.40. The van der Waals surface area contributed by atoms with Crippen molar-refractivity contribution in [1.82, 2.24) is 20.9 Å². The number of piperidine rings is 1. The van der Waals surface area contributed by atoms with E-state index in [1.165, 1.54) is 0 Å². The molecule has 0 spiro atoms. The quantitative estimate of drug-likeness (QED) is 0.201. The number of Topliss-reactive ketones (excluding diaryl/α,β-unsaturated/α-hetero) is 1. The maximum atomic E-state index is 14.3. The molecule has 1 aromatic rings. The Hall–Kier alpha value is -3.96. The van der Waals surface area contributed by atoms with E-state index in [4.69, 9.17) is 10.5 Å². The molecule has 1 saturated heterocycles. The smallest absolute Gasteiger partial charge is 0.329 e. The normalized spacial score (nSPS) is 22.7. The summed E-state index contributed by atoms with van der Waals surface area (Å²) in [5, 5.41) is 8.27. The van der Waals surface area contributed by atoms with Crippen molar-refractivity contribution < 1.29 is 33.5 Å². The minimum Gasteiger partial charge on any atom is -0.459 e. The maximum Gasteiger partial charge on any atom is 0.329 e. The van der Waals surface area contributed by atoms with Crippen molar-refractivity contribution in [3.8, 4) is 0 Å². The number of carbonyl (C=O) groups is 6. The standard InChI is InChI=1S/C34H49N5O7/c1-33(2,3)26(37-32(45)38-27(34(4,5)6)31(44)46-18-20-10-8-7-9-11-20)30(43)39-22-15-14-21(17-22)24(39)29(42)36-23(16-19-12-13-19)25(40)28(35)41/h7-11,19,21-24,26-27H,12-18H2,1-6H3,(H2,35,41)(H,36,42)(H2,37,38,45)/t21?,22?,23?,24-,26+,27-/m0/s1. The van der Waals surface area contributed by atoms with Gasteiger partial charge in [0.05, 0.1) is 6.04 Å². The predicted molar refractivity (Wildman–Crippen MR) is 170 cm³/mol. The summed E-state index contributed by atoms with van der Waals surface area (Å²) in [4.78, 5) is 80.4. The van der Waals surface area contributed by atoms with Crippen LogP contribution >= 0.6 is 0 Å². The summed E-state index contributed by atoms with van der Waals surface area (Å²) < 4.78 is 5.53. The Kier molecular flexibility index (Phi) is 10.5. The average Bonchev–Trinajstić information content (AvgIpc) is 3.55. The van der Waals surface area contributed by atoms with Gasteiger partial charge in [-0.05, 0) is 53.9 Å². The highest BCUT2D eigenvalue weighted by Crippen LogP contribution is 2.44. The van der Waals surface area contributed by atoms with Crippen LogP contribution in [-0.4, -0.2) is 70.6 Å². The topological polar surface area (TPSA) is 177 Å². The molecular weight excluding hydrogens is 590 g/mol. The van der Waals surface area contributed by atoms with Crippen LogP contribution in [0.3, 0.4) is 0 Å². The molecule has 6 atom stereocenters. The van der Waals surface area contributed by atoms with E-state index in [0.717, 1.165) is 24.8 Å². The number of ketones is 1. The predicted octanol–water partition coefficient (Wildman–Crippen LogP) is 2.58. The number of likely N-dealkylation sites (tertiary alicyclic amines) is 1. The van der Waals surface area contributed by atoms with Gasteiger partial charge in [-0.25, -0.2) is 9.59 Å². The molecule has 12 heteroatoms. The van der Waals surface area contributed by atoms with Gasteiger partial charge in [0, 0.05) is 6.04 Å². The Morgan fingerprint density at radius 3 is 2.04 bits per heavy atom. The molecule has 3 fully saturated rings. The van der Waals surface area contributed by atoms with Gasteiger partial charge in [0.2, 0.25) is 17.6 Å². The van der Waals surface area contributed by atoms with Crippen LogP contribution in [-0.2, 0) is 35.3 Å². The van der Waals surface area contributed by atoms with Gasteiger partial charge in [-0.1, -0.05) is 84.7 Å². The summed E-state index contributed by atoms with van der Waals surface area (Å²) in [6.07, 6.45) is 4.25. The Bertz CT molecular complexity index is 1330. The lowest BCUT2D eigenvalue weighted by molar-refractivity contribution is -0.150. The minimum absolute atomic E-state index is 0.0478. The summed E-state index contributed by atoms with van der Waals surface area (Å²) in [7, 11) is 0. The van der Waals surface area contributed by atoms with Gasteiger partial charge in [-0.15, -0.1) is 0 Å². The molecule has 0 aromatic heterocycles. The first-order valence-electron chi connectivity index (χ1n) is 16.2. The van der Waals surface area contributed by atoms with Crippen LogP contribution in [0.25, 0.3) is 0 Å². The molecule has 5 N–H and O–H groups in total. The molecule has 0 radical (unpaired) electrons. The lowest BCUT2D eigenvalue weighted by atomic mass is 9.84. The zero-order valence-electron chi connectivity index (χ0n) is 27.8. The zero-order chi connectivity index (χ0) is 34.0. The van der Waals surface area contributed by atoms with Gasteiger partial charge < -0.3 is 31.3 Å². The summed E-state index contributed by atoms with van der Waals surface area (Å²) >= 11 is 0. The number of ether oxygens (including phenoxy) is 1. The number of nitrogens with two attached hydrogens (primary N) is 1. The zero-order valence-corrected chi connectivity index (χ0v) is 27.8. The van der Waals surface area contributed by atoms with Gasteiger partial charge in [0.15, 0.2) is 0 Å². The third kappa shape index (κ3) is 8.44. The summed E-state index contributed by atoms with van der Waals surface area (Å²) in [5.74, 6) is -3.34. The number of hydrogen-bond acceptors (Lipinski definition) is 7. The number of primary amides is 1. The van der Waals surface area contributed by atoms with E-state index < -0.39 is 70.5 Å². The monoisotopic (exact) mass is 639 g/mol. The second-order valence-corrected chi connectivity index (χ2v) is 15.2. The fourth-order valence-corrected chi connectivity index (χ4v) is 6.53. The number of benzene rings is 1. The van der Waals surface area contributed by atoms with E-state index >= 15 is 0 Å². The molecule has 1 aromatic carbocycles. The number of rotatable bonds is 12. The molecular formula is C34H49N5O7. The Morgan fingerprint density at radius 1 is 0.870 bits per heavy atom. The molecule has 4 rings (SSSR count). The molecule has 12 nitrogen and oxygen atoms in total. The van der Waals surface area contributed by atoms with Crippen LogP contribution in [0.5, 0.6) is 0 Å². The van der Waals surface area contributed by atoms with Gasteiger partial charge in [-0.2, -0.15) is 0 Å². The fourth-order valence-electron chi connectivity index (χ4n) is 6.53. The second-order valence-electron chi connectivity index (χ2n) is 15.2. The molecule has 2 saturated carbocycles. The highest BCUT2D eigenvalue weighted by Gasteiger charge is 2.54. The van der Waals surface area contributed by atoms with Crippen LogP contribution in [0.15, 0.2) is 30.3 Å². The van der Waals surface area contributed by atoms with Crippen LogP contribution in [0.2, 0.25) is 0 Å². The molecule has 1 heterocycles. The first kappa shape index (κ1) is 34.9. The van der Waals surface area contributed by atoms with Crippen molar-refractivity contribution in [3.05, 3.63) is 35.9 Å². The average molecular weight is 640 g/mol. The van der Waals surface area contributed by atoms with Crippen LogP contribution in [0.4, 0.5) is 4.79 Å². The number of amides is 5. The highest BCUT2D eigenvalue weighted by atomic mass is 16.5. The van der Waals surface area contributed by atoms with Crippen molar-refractivity contribution >= 4 is 35.5 Å². The van der Waals surface area contributed by atoms with Crippen molar-refractivity contribution in [2.45, 2.75) is 117 Å². The van der Waals surface area contributed by atoms with Crippen LogP contribution in [0, 0.1) is 22.7 Å². The number of urea groups is 1. The van der Waals surface area contributed by atoms with E-state index in [1.54, 1.807) is 25.7 Å². The van der Waals surface area contributed by atoms with Crippen LogP contribution in [0.1, 0.15) is 85.6 Å². The molecule has 2 bridgehead atoms. The molecule has 46 heavy (non-hydrogen) atoms. The first-order valence-corrected chi connectivity index (χ1v) is 16.2. The summed E-state index contributed by atoms with van der Waals surface area (Å²) in [6.45, 7) is 10.9. The number of nitrogens with one attached hydrogen (secondary N) is 3. The van der Waals surface area contributed by atoms with E-state index in [9.17, 15) is 28.8 Å². The maximum absolute atomic E-state index is 14.3. The lowest BCUT2D eigenvalue weighted by Crippen LogP contribution is -2.64. The Balaban J connectivity index is 1.48. The SMILES string of the molecule is CC(C)(C)[C@H](NC(=O)N[C@@H](C(=O)OCc1ccccc1)C(C)(C)C)C(=O)N1C2CCC(C2)[C@H]1C(=O)NC(CC1CC1)C(=O)C(N)=O. The molecule has 5 amide bonds. The number of esters is 1. The van der Waals surface area contributed by atoms with Crippen LogP contribution < -0.4 is 21.7 Å². The molecule has 252 valence electrons. The second kappa shape index (κ2) is 13.8. The Morgan fingerprint density at radius 2 is 1.48 bits per heavy atom. The third-order valence-electron chi connectivity index (χ3n) is 9.24. The number of hydrogen-bond donors (Lipinski definition) is 4. The molecule has 3 aliphatic rings. The molecule has 2 aliphatic carbocycles. The van der Waals surface area contributed by atoms with Gasteiger partial charge in [0.1, 0.15) is 24.7 Å². The van der Waals surface area contributed by atoms with E-state index in [2.05, 4.69) is 16.0 Å². The first-order chi connectivity index (χ1) is 21.5. The largest absolute Gasteiger partial charge is 0.459 e. The molecule has 1 aliphatic heterocycles. The van der Waals surface area contributed by atoms with E-state index in [0.29, 0.717) is 19.3 Å². The van der Waals surface area contributed by atoms with E-state index in [1.807, 2.05) is 51.1 Å². The number of fused-ring (bicyclic) bond motifs is 2. The Labute approximate surface area is 270 Å².